The molecule has 2 atom stereocenters. The summed E-state index contributed by atoms with van der Waals surface area (Å²) in [6.45, 7) is 10.4. The lowest BCUT2D eigenvalue weighted by atomic mass is 9.96. The maximum absolute atomic E-state index is 14.1. The van der Waals surface area contributed by atoms with Crippen LogP contribution in [0.3, 0.4) is 0 Å². The molecule has 1 saturated heterocycles. The van der Waals surface area contributed by atoms with E-state index in [2.05, 4.69) is 71.7 Å². The molecule has 1 aliphatic heterocycles. The van der Waals surface area contributed by atoms with Crippen molar-refractivity contribution < 1.29 is 4.39 Å². The highest BCUT2D eigenvalue weighted by molar-refractivity contribution is 7.80. The Morgan fingerprint density at radius 1 is 0.886 bits per heavy atom. The summed E-state index contributed by atoms with van der Waals surface area (Å²) in [5, 5.41) is 4.12. The lowest BCUT2D eigenvalue weighted by Gasteiger charge is -2.28. The molecule has 2 aromatic carbocycles. The number of rotatable bonds is 4. The van der Waals surface area contributed by atoms with Crippen LogP contribution in [-0.4, -0.2) is 14.7 Å². The molecule has 5 rings (SSSR count). The second kappa shape index (κ2) is 8.93. The van der Waals surface area contributed by atoms with E-state index in [0.29, 0.717) is 10.7 Å². The van der Waals surface area contributed by atoms with E-state index in [9.17, 15) is 4.39 Å². The number of aryl methyl sites for hydroxylation is 4. The minimum Gasteiger partial charge on any atom is -0.351 e. The van der Waals surface area contributed by atoms with Gasteiger partial charge in [0.25, 0.3) is 0 Å². The van der Waals surface area contributed by atoms with Gasteiger partial charge >= 0.3 is 0 Å². The van der Waals surface area contributed by atoms with Gasteiger partial charge in [0, 0.05) is 23.3 Å². The molecule has 1 fully saturated rings. The van der Waals surface area contributed by atoms with Crippen LogP contribution in [0.4, 0.5) is 10.1 Å². The number of nitrogens with zero attached hydrogens (tertiary/aromatic N) is 3. The predicted molar refractivity (Wildman–Crippen MR) is 144 cm³/mol. The van der Waals surface area contributed by atoms with Crippen LogP contribution in [-0.2, 0) is 0 Å². The smallest absolute Gasteiger partial charge is 0.174 e. The second-order valence-electron chi connectivity index (χ2n) is 9.33. The quantitative estimate of drug-likeness (QED) is 0.326. The first-order valence-electron chi connectivity index (χ1n) is 11.8. The molecule has 4 nitrogen and oxygen atoms in total. The number of anilines is 1. The number of aromatic nitrogens is 2. The molecule has 35 heavy (non-hydrogen) atoms. The standard InChI is InChI=1S/C29H29FN4S/c1-17-9-8-10-18(2)27(17)33-20(4)16-23(21(33)5)28-26(25-11-6-7-14-31-25)32-29(35)34(28)22-12-13-24(30)19(3)15-22/h6-16,26,28H,1-5H3,(H,32,35)/t26-,28+/m0/s1. The lowest BCUT2D eigenvalue weighted by molar-refractivity contribution is 0.564. The summed E-state index contributed by atoms with van der Waals surface area (Å²) in [6, 6.07) is 19.5. The number of hydrogen-bond donors (Lipinski definition) is 1. The number of para-hydroxylation sites is 1. The van der Waals surface area contributed by atoms with Crippen molar-refractivity contribution in [3.63, 3.8) is 0 Å². The molecule has 178 valence electrons. The summed E-state index contributed by atoms with van der Waals surface area (Å²) >= 11 is 5.86. The molecular formula is C29H29FN4S. The minimum absolute atomic E-state index is 0.147. The van der Waals surface area contributed by atoms with Gasteiger partial charge in [-0.05, 0) is 105 Å². The highest BCUT2D eigenvalue weighted by Gasteiger charge is 2.42. The largest absolute Gasteiger partial charge is 0.351 e. The fourth-order valence-corrected chi connectivity index (χ4v) is 5.66. The number of halogens is 1. The van der Waals surface area contributed by atoms with Gasteiger partial charge in [-0.2, -0.15) is 0 Å². The maximum atomic E-state index is 14.1. The van der Waals surface area contributed by atoms with E-state index in [1.807, 2.05) is 30.5 Å². The van der Waals surface area contributed by atoms with Crippen LogP contribution in [0.2, 0.25) is 0 Å². The molecule has 6 heteroatoms. The van der Waals surface area contributed by atoms with E-state index in [4.69, 9.17) is 12.2 Å². The molecule has 1 N–H and O–H groups in total. The minimum atomic E-state index is -0.224. The molecule has 0 unspecified atom stereocenters. The summed E-state index contributed by atoms with van der Waals surface area (Å²) in [5.74, 6) is -0.224. The first-order chi connectivity index (χ1) is 16.8. The Kier molecular flexibility index (Phi) is 5.93. The Bertz CT molecular complexity index is 1410. The highest BCUT2D eigenvalue weighted by atomic mass is 32.1. The number of pyridine rings is 1. The zero-order chi connectivity index (χ0) is 24.9. The summed E-state index contributed by atoms with van der Waals surface area (Å²) < 4.78 is 16.5. The van der Waals surface area contributed by atoms with E-state index in [0.717, 1.165) is 28.3 Å². The van der Waals surface area contributed by atoms with Crippen molar-refractivity contribution in [1.82, 2.24) is 14.9 Å². The average molecular weight is 485 g/mol. The van der Waals surface area contributed by atoms with Gasteiger partial charge in [0.2, 0.25) is 0 Å². The van der Waals surface area contributed by atoms with Crippen molar-refractivity contribution in [3.8, 4) is 5.69 Å². The lowest BCUT2D eigenvalue weighted by Crippen LogP contribution is -2.29. The fourth-order valence-electron chi connectivity index (χ4n) is 5.32. The Hall–Kier alpha value is -3.51. The number of benzene rings is 2. The van der Waals surface area contributed by atoms with Gasteiger partial charge in [0.15, 0.2) is 5.11 Å². The fraction of sp³-hybridized carbons (Fsp3) is 0.241. The molecule has 0 saturated carbocycles. The molecule has 0 amide bonds. The Morgan fingerprint density at radius 3 is 2.29 bits per heavy atom. The van der Waals surface area contributed by atoms with E-state index in [1.54, 1.807) is 13.0 Å². The van der Waals surface area contributed by atoms with Crippen LogP contribution in [0.15, 0.2) is 66.9 Å². The molecule has 1 aliphatic rings. The van der Waals surface area contributed by atoms with Gasteiger partial charge in [0.05, 0.1) is 23.5 Å². The Morgan fingerprint density at radius 2 is 1.63 bits per heavy atom. The zero-order valence-corrected chi connectivity index (χ0v) is 21.4. The van der Waals surface area contributed by atoms with E-state index >= 15 is 0 Å². The van der Waals surface area contributed by atoms with E-state index in [-0.39, 0.29) is 17.9 Å². The van der Waals surface area contributed by atoms with Gasteiger partial charge in [0.1, 0.15) is 5.82 Å². The molecule has 0 bridgehead atoms. The van der Waals surface area contributed by atoms with Gasteiger partial charge in [-0.3, -0.25) is 4.98 Å². The molecule has 2 aromatic heterocycles. The van der Waals surface area contributed by atoms with Gasteiger partial charge in [-0.25, -0.2) is 4.39 Å². The van der Waals surface area contributed by atoms with Crippen LogP contribution >= 0.6 is 12.2 Å². The first kappa shape index (κ1) is 23.2. The molecule has 3 heterocycles. The SMILES string of the molecule is Cc1cc(N2C(=S)N[C@@H](c3ccccn3)[C@H]2c2cc(C)n(-c3c(C)cccc3C)c2C)ccc1F. The van der Waals surface area contributed by atoms with Crippen molar-refractivity contribution >= 4 is 23.0 Å². The number of thiocarbonyl (C=S) groups is 1. The van der Waals surface area contributed by atoms with Crippen LogP contribution in [0, 0.1) is 40.4 Å². The molecule has 0 spiro atoms. The van der Waals surface area contributed by atoms with Gasteiger partial charge < -0.3 is 14.8 Å². The number of nitrogens with one attached hydrogen (secondary N) is 1. The van der Waals surface area contributed by atoms with Crippen molar-refractivity contribution in [3.05, 3.63) is 112 Å². The molecule has 0 radical (unpaired) electrons. The third-order valence-electron chi connectivity index (χ3n) is 6.97. The molecule has 0 aliphatic carbocycles. The van der Waals surface area contributed by atoms with Crippen molar-refractivity contribution in [1.29, 1.82) is 0 Å². The highest BCUT2D eigenvalue weighted by Crippen LogP contribution is 2.44. The zero-order valence-electron chi connectivity index (χ0n) is 20.6. The summed E-state index contributed by atoms with van der Waals surface area (Å²) in [7, 11) is 0. The predicted octanol–water partition coefficient (Wildman–Crippen LogP) is 6.73. The average Bonchev–Trinajstić information content (AvgIpc) is 3.32. The van der Waals surface area contributed by atoms with E-state index < -0.39 is 0 Å². The van der Waals surface area contributed by atoms with Crippen LogP contribution in [0.5, 0.6) is 0 Å². The summed E-state index contributed by atoms with van der Waals surface area (Å²) in [6.07, 6.45) is 1.81. The van der Waals surface area contributed by atoms with Gasteiger partial charge in [-0.15, -0.1) is 0 Å². The normalized spacial score (nSPS) is 17.7. The van der Waals surface area contributed by atoms with Crippen LogP contribution in [0.1, 0.15) is 51.4 Å². The van der Waals surface area contributed by atoms with Crippen molar-refractivity contribution in [2.75, 3.05) is 4.90 Å². The summed E-state index contributed by atoms with van der Waals surface area (Å²) in [4.78, 5) is 6.77. The van der Waals surface area contributed by atoms with E-state index in [1.165, 1.54) is 22.9 Å². The third-order valence-corrected chi connectivity index (χ3v) is 7.28. The summed E-state index contributed by atoms with van der Waals surface area (Å²) in [5.41, 5.74) is 9.50. The van der Waals surface area contributed by atoms with Crippen LogP contribution in [0.25, 0.3) is 5.69 Å². The molecular weight excluding hydrogens is 455 g/mol. The van der Waals surface area contributed by atoms with Crippen LogP contribution < -0.4 is 10.2 Å². The Balaban J connectivity index is 1.72. The third kappa shape index (κ3) is 3.92. The maximum Gasteiger partial charge on any atom is 0.174 e. The topological polar surface area (TPSA) is 33.1 Å². The monoisotopic (exact) mass is 484 g/mol. The van der Waals surface area contributed by atoms with Gasteiger partial charge in [-0.1, -0.05) is 24.3 Å². The van der Waals surface area contributed by atoms with Crippen molar-refractivity contribution in [2.45, 2.75) is 46.7 Å². The number of hydrogen-bond acceptors (Lipinski definition) is 2. The van der Waals surface area contributed by atoms with Crippen molar-refractivity contribution in [2.24, 2.45) is 0 Å². The molecule has 4 aromatic rings. The first-order valence-corrected chi connectivity index (χ1v) is 12.2. The second-order valence-corrected chi connectivity index (χ2v) is 9.72. The Labute approximate surface area is 211 Å².